The van der Waals surface area contributed by atoms with E-state index in [1.54, 1.807) is 0 Å². The van der Waals surface area contributed by atoms with Gasteiger partial charge in [-0.3, -0.25) is 8.98 Å². The molecule has 0 spiro atoms. The zero-order valence-corrected chi connectivity index (χ0v) is 8.33. The second-order valence-corrected chi connectivity index (χ2v) is 4.76. The molecule has 5 nitrogen and oxygen atoms in total. The summed E-state index contributed by atoms with van der Waals surface area (Å²) in [4.78, 5) is 10.9. The topological polar surface area (TPSA) is 69.7 Å². The van der Waals surface area contributed by atoms with Gasteiger partial charge in [0.15, 0.2) is 0 Å². The zero-order valence-electron chi connectivity index (χ0n) is 7.52. The van der Waals surface area contributed by atoms with Crippen molar-refractivity contribution in [2.24, 2.45) is 11.8 Å². The van der Waals surface area contributed by atoms with Crippen LogP contribution in [-0.4, -0.2) is 34.4 Å². The second-order valence-electron chi connectivity index (χ2n) is 3.11. The highest BCUT2D eigenvalue weighted by molar-refractivity contribution is 7.85. The van der Waals surface area contributed by atoms with Crippen molar-refractivity contribution in [2.45, 2.75) is 6.42 Å². The predicted molar refractivity (Wildman–Crippen MR) is 44.4 cm³/mol. The summed E-state index contributed by atoms with van der Waals surface area (Å²) in [6.07, 6.45) is 1.64. The van der Waals surface area contributed by atoms with E-state index >= 15 is 0 Å². The van der Waals surface area contributed by atoms with Crippen molar-refractivity contribution in [3.05, 3.63) is 0 Å². The molecule has 0 N–H and O–H groups in total. The van der Waals surface area contributed by atoms with Crippen molar-refractivity contribution < 1.29 is 22.1 Å². The number of hydrogen-bond donors (Lipinski definition) is 0. The van der Waals surface area contributed by atoms with Crippen LogP contribution in [0.2, 0.25) is 0 Å². The molecular formula is C7H12O5S. The SMILES string of the molecule is COC(=O)C1C[C@H]1COS(C)(=O)=O. The van der Waals surface area contributed by atoms with E-state index in [1.807, 2.05) is 0 Å². The molecule has 1 aliphatic rings. The number of esters is 1. The van der Waals surface area contributed by atoms with Crippen molar-refractivity contribution in [1.82, 2.24) is 0 Å². The molecule has 0 amide bonds. The Hall–Kier alpha value is -0.620. The number of hydrogen-bond acceptors (Lipinski definition) is 5. The average molecular weight is 208 g/mol. The van der Waals surface area contributed by atoms with Gasteiger partial charge in [0.2, 0.25) is 0 Å². The minimum atomic E-state index is -3.39. The van der Waals surface area contributed by atoms with Crippen LogP contribution < -0.4 is 0 Å². The molecule has 0 aromatic heterocycles. The maximum absolute atomic E-state index is 10.9. The van der Waals surface area contributed by atoms with E-state index in [4.69, 9.17) is 0 Å². The first kappa shape index (κ1) is 10.5. The van der Waals surface area contributed by atoms with Crippen molar-refractivity contribution in [1.29, 1.82) is 0 Å². The fourth-order valence-electron chi connectivity index (χ4n) is 1.08. The molecule has 0 aromatic carbocycles. The molecule has 0 saturated heterocycles. The average Bonchev–Trinajstić information content (AvgIpc) is 2.77. The monoisotopic (exact) mass is 208 g/mol. The van der Waals surface area contributed by atoms with Crippen LogP contribution in [0.3, 0.4) is 0 Å². The number of carbonyl (C=O) groups excluding carboxylic acids is 1. The van der Waals surface area contributed by atoms with Gasteiger partial charge >= 0.3 is 5.97 Å². The van der Waals surface area contributed by atoms with Gasteiger partial charge < -0.3 is 4.74 Å². The molecule has 0 bridgehead atoms. The Bertz CT molecular complexity index is 294. The van der Waals surface area contributed by atoms with Gasteiger partial charge in [-0.05, 0) is 12.3 Å². The molecule has 76 valence electrons. The van der Waals surface area contributed by atoms with Gasteiger partial charge in [0, 0.05) is 0 Å². The lowest BCUT2D eigenvalue weighted by Gasteiger charge is -1.99. The van der Waals surface area contributed by atoms with Gasteiger partial charge in [-0.1, -0.05) is 0 Å². The molecule has 1 fully saturated rings. The Balaban J connectivity index is 2.26. The Kier molecular flexibility index (Phi) is 2.92. The molecule has 6 heteroatoms. The van der Waals surface area contributed by atoms with Crippen LogP contribution in [0.25, 0.3) is 0 Å². The van der Waals surface area contributed by atoms with Gasteiger partial charge in [-0.2, -0.15) is 8.42 Å². The van der Waals surface area contributed by atoms with Gasteiger partial charge in [-0.25, -0.2) is 0 Å². The highest BCUT2D eigenvalue weighted by atomic mass is 32.2. The third kappa shape index (κ3) is 3.31. The van der Waals surface area contributed by atoms with E-state index in [2.05, 4.69) is 8.92 Å². The van der Waals surface area contributed by atoms with Crippen LogP contribution in [0.15, 0.2) is 0 Å². The van der Waals surface area contributed by atoms with Crippen molar-refractivity contribution in [3.63, 3.8) is 0 Å². The summed E-state index contributed by atoms with van der Waals surface area (Å²) in [5.41, 5.74) is 0. The molecular weight excluding hydrogens is 196 g/mol. The van der Waals surface area contributed by atoms with Crippen LogP contribution >= 0.6 is 0 Å². The number of ether oxygens (including phenoxy) is 1. The summed E-state index contributed by atoms with van der Waals surface area (Å²) >= 11 is 0. The fourth-order valence-corrected chi connectivity index (χ4v) is 1.50. The number of rotatable bonds is 4. The van der Waals surface area contributed by atoms with E-state index in [0.717, 1.165) is 6.26 Å². The maximum Gasteiger partial charge on any atom is 0.309 e. The summed E-state index contributed by atoms with van der Waals surface area (Å²) < 4.78 is 30.2. The van der Waals surface area contributed by atoms with E-state index in [-0.39, 0.29) is 24.4 Å². The van der Waals surface area contributed by atoms with Crippen molar-refractivity contribution in [2.75, 3.05) is 20.0 Å². The van der Waals surface area contributed by atoms with Crippen molar-refractivity contribution in [3.8, 4) is 0 Å². The predicted octanol–water partition coefficient (Wildman–Crippen LogP) is -0.228. The summed E-state index contributed by atoms with van der Waals surface area (Å²) in [5.74, 6) is -0.462. The minimum absolute atomic E-state index is 0.00201. The Labute approximate surface area is 77.1 Å². The van der Waals surface area contributed by atoms with Crippen LogP contribution in [0.4, 0.5) is 0 Å². The Morgan fingerprint density at radius 2 is 2.15 bits per heavy atom. The summed E-state index contributed by atoms with van der Waals surface area (Å²) in [5, 5.41) is 0. The molecule has 1 aliphatic carbocycles. The van der Waals surface area contributed by atoms with Crippen LogP contribution in [0, 0.1) is 11.8 Å². The van der Waals surface area contributed by atoms with Crippen LogP contribution in [0.5, 0.6) is 0 Å². The normalized spacial score (nSPS) is 26.9. The highest BCUT2D eigenvalue weighted by Gasteiger charge is 2.44. The van der Waals surface area contributed by atoms with E-state index in [0.29, 0.717) is 6.42 Å². The van der Waals surface area contributed by atoms with E-state index in [9.17, 15) is 13.2 Å². The van der Waals surface area contributed by atoms with Gasteiger partial charge in [0.1, 0.15) is 0 Å². The first-order valence-electron chi connectivity index (χ1n) is 3.86. The largest absolute Gasteiger partial charge is 0.469 e. The zero-order chi connectivity index (χ0) is 10.1. The number of methoxy groups -OCH3 is 1. The molecule has 0 aliphatic heterocycles. The van der Waals surface area contributed by atoms with E-state index in [1.165, 1.54) is 7.11 Å². The molecule has 1 rings (SSSR count). The van der Waals surface area contributed by atoms with Crippen LogP contribution in [-0.2, 0) is 23.8 Å². The Morgan fingerprint density at radius 3 is 2.62 bits per heavy atom. The lowest BCUT2D eigenvalue weighted by molar-refractivity contribution is -0.142. The lowest BCUT2D eigenvalue weighted by Crippen LogP contribution is -2.10. The fraction of sp³-hybridized carbons (Fsp3) is 0.857. The third-order valence-corrected chi connectivity index (χ3v) is 2.49. The van der Waals surface area contributed by atoms with Crippen molar-refractivity contribution >= 4 is 16.1 Å². The Morgan fingerprint density at radius 1 is 1.54 bits per heavy atom. The summed E-state index contributed by atoms with van der Waals surface area (Å²) in [6, 6.07) is 0. The van der Waals surface area contributed by atoms with Gasteiger partial charge in [0.25, 0.3) is 10.1 Å². The minimum Gasteiger partial charge on any atom is -0.469 e. The summed E-state index contributed by atoms with van der Waals surface area (Å²) in [6.45, 7) is 0.0819. The standard InChI is InChI=1S/C7H12O5S/c1-11-7(8)6-3-5(6)4-12-13(2,9)10/h5-6H,3-4H2,1-2H3/t5-,6?/m0/s1. The highest BCUT2D eigenvalue weighted by Crippen LogP contribution is 2.39. The molecule has 2 atom stereocenters. The van der Waals surface area contributed by atoms with Gasteiger partial charge in [0.05, 0.1) is 25.9 Å². The second kappa shape index (κ2) is 3.63. The van der Waals surface area contributed by atoms with E-state index < -0.39 is 10.1 Å². The molecule has 0 radical (unpaired) electrons. The molecule has 1 unspecified atom stereocenters. The molecule has 0 aromatic rings. The third-order valence-electron chi connectivity index (χ3n) is 1.92. The number of carbonyl (C=O) groups is 1. The van der Waals surface area contributed by atoms with Crippen LogP contribution in [0.1, 0.15) is 6.42 Å². The molecule has 0 heterocycles. The quantitative estimate of drug-likeness (QED) is 0.471. The molecule has 13 heavy (non-hydrogen) atoms. The molecule has 1 saturated carbocycles. The lowest BCUT2D eigenvalue weighted by atomic mass is 10.3. The first-order chi connectivity index (χ1) is 5.94. The van der Waals surface area contributed by atoms with Gasteiger partial charge in [-0.15, -0.1) is 0 Å². The first-order valence-corrected chi connectivity index (χ1v) is 5.68. The smallest absolute Gasteiger partial charge is 0.309 e. The maximum atomic E-state index is 10.9. The summed E-state index contributed by atoms with van der Waals surface area (Å²) in [7, 11) is -2.07.